The average molecular weight is 803 g/mol. The molecule has 0 atom stereocenters. The summed E-state index contributed by atoms with van der Waals surface area (Å²) in [6, 6.07) is 14.3. The maximum Gasteiger partial charge on any atom is 0.315 e. The summed E-state index contributed by atoms with van der Waals surface area (Å²) in [4.78, 5) is 36.5. The van der Waals surface area contributed by atoms with Crippen LogP contribution in [-0.4, -0.2) is 66.7 Å². The predicted molar refractivity (Wildman–Crippen MR) is 215 cm³/mol. The van der Waals surface area contributed by atoms with Gasteiger partial charge in [0.05, 0.1) is 35.1 Å². The molecule has 0 fully saturated rings. The van der Waals surface area contributed by atoms with E-state index in [0.29, 0.717) is 41.5 Å². The van der Waals surface area contributed by atoms with Crippen molar-refractivity contribution >= 4 is 40.1 Å². The van der Waals surface area contributed by atoms with Gasteiger partial charge >= 0.3 is 5.97 Å². The van der Waals surface area contributed by atoms with Crippen LogP contribution in [0.5, 0.6) is 17.4 Å². The SMILES string of the molecule is CCCCCCCCCCCc1nn(-c2ccc([N+](=O)[O-])cc2)c(Oc2cc(C(=O)NCCO)c(O)c3ccccc23)c1CSc1nnc(CC(=O)OCCC)o1. The third-order valence-corrected chi connectivity index (χ3v) is 10.1. The molecule has 5 aromatic rings. The summed E-state index contributed by atoms with van der Waals surface area (Å²) in [5.41, 5.74) is 1.76. The number of esters is 1. The third-order valence-electron chi connectivity index (χ3n) is 9.22. The molecule has 2 aromatic heterocycles. The molecule has 0 aliphatic heterocycles. The molecule has 0 bridgehead atoms. The molecule has 5 rings (SSSR count). The lowest BCUT2D eigenvalue weighted by molar-refractivity contribution is -0.384. The number of phenols is 1. The number of non-ortho nitro benzene ring substituents is 1. The van der Waals surface area contributed by atoms with Crippen LogP contribution in [0.25, 0.3) is 16.5 Å². The molecule has 16 heteroatoms. The van der Waals surface area contributed by atoms with E-state index in [1.807, 2.05) is 6.92 Å². The highest BCUT2D eigenvalue weighted by atomic mass is 32.2. The van der Waals surface area contributed by atoms with Gasteiger partial charge in [-0.1, -0.05) is 101 Å². The zero-order valence-electron chi connectivity index (χ0n) is 32.4. The van der Waals surface area contributed by atoms with Crippen molar-refractivity contribution in [1.82, 2.24) is 25.3 Å². The fourth-order valence-electron chi connectivity index (χ4n) is 6.27. The molecule has 3 N–H and O–H groups in total. The number of ether oxygens (including phenoxy) is 2. The van der Waals surface area contributed by atoms with Crippen LogP contribution in [0.4, 0.5) is 5.69 Å². The second-order valence-corrected chi connectivity index (χ2v) is 14.5. The van der Waals surface area contributed by atoms with E-state index in [1.54, 1.807) is 41.1 Å². The van der Waals surface area contributed by atoms with E-state index in [0.717, 1.165) is 31.4 Å². The Bertz CT molecular complexity index is 2100. The number of unbranched alkanes of at least 4 members (excludes halogenated alkanes) is 8. The van der Waals surface area contributed by atoms with Gasteiger partial charge in [0.2, 0.25) is 11.8 Å². The number of nitrogens with zero attached hydrogens (tertiary/aromatic N) is 5. The molecule has 304 valence electrons. The van der Waals surface area contributed by atoms with E-state index < -0.39 is 16.8 Å². The standard InChI is InChI=1S/C41H50N6O9S/c1-3-5-6-7-8-9-10-11-12-17-34-33(27-57-41-44-43-36(56-41)26-37(49)54-24-4-2)40(46(45-34)28-18-20-29(21-19-28)47(52)53)55-35-25-32(39(51)42-22-23-48)38(50)31-16-14-13-15-30(31)35/h13-16,18-21,25,48,50H,3-12,17,22-24,26-27H2,1-2H3,(H,42,51). The van der Waals surface area contributed by atoms with Gasteiger partial charge in [-0.25, -0.2) is 4.68 Å². The van der Waals surface area contributed by atoms with Gasteiger partial charge in [0.25, 0.3) is 16.8 Å². The Balaban J connectivity index is 1.54. The lowest BCUT2D eigenvalue weighted by Crippen LogP contribution is -2.26. The van der Waals surface area contributed by atoms with Gasteiger partial charge in [0, 0.05) is 40.8 Å². The fraction of sp³-hybridized carbons (Fsp3) is 0.439. The second-order valence-electron chi connectivity index (χ2n) is 13.5. The van der Waals surface area contributed by atoms with Gasteiger partial charge in [-0.05, 0) is 37.5 Å². The first kappa shape index (κ1) is 42.7. The number of rotatable bonds is 24. The molecular formula is C41H50N6O9S. The number of benzene rings is 3. The molecule has 3 aromatic carbocycles. The molecule has 0 radical (unpaired) electrons. The normalized spacial score (nSPS) is 11.2. The van der Waals surface area contributed by atoms with Crippen LogP contribution < -0.4 is 10.1 Å². The number of hydrogen-bond acceptors (Lipinski definition) is 13. The van der Waals surface area contributed by atoms with Crippen LogP contribution >= 0.6 is 11.8 Å². The molecule has 0 spiro atoms. The first-order valence-corrected chi connectivity index (χ1v) is 20.5. The number of nitrogens with one attached hydrogen (secondary N) is 1. The number of carbonyl (C=O) groups is 2. The van der Waals surface area contributed by atoms with Crippen molar-refractivity contribution in [3.8, 4) is 23.1 Å². The Morgan fingerprint density at radius 2 is 1.65 bits per heavy atom. The number of amides is 1. The van der Waals surface area contributed by atoms with E-state index in [9.17, 15) is 29.9 Å². The van der Waals surface area contributed by atoms with Crippen LogP contribution in [0.15, 0.2) is 64.2 Å². The van der Waals surface area contributed by atoms with Crippen LogP contribution in [0.3, 0.4) is 0 Å². The molecule has 0 saturated heterocycles. The van der Waals surface area contributed by atoms with Crippen LogP contribution in [0.2, 0.25) is 0 Å². The van der Waals surface area contributed by atoms with Crippen molar-refractivity contribution in [3.05, 3.63) is 87.4 Å². The number of nitro benzene ring substituents is 1. The maximum absolute atomic E-state index is 13.2. The van der Waals surface area contributed by atoms with Crippen LogP contribution in [0, 0.1) is 10.1 Å². The zero-order valence-corrected chi connectivity index (χ0v) is 33.2. The Morgan fingerprint density at radius 3 is 2.33 bits per heavy atom. The van der Waals surface area contributed by atoms with E-state index in [-0.39, 0.29) is 65.1 Å². The molecule has 1 amide bonds. The largest absolute Gasteiger partial charge is 0.506 e. The monoisotopic (exact) mass is 802 g/mol. The minimum atomic E-state index is -0.603. The highest BCUT2D eigenvalue weighted by molar-refractivity contribution is 7.98. The average Bonchev–Trinajstić information content (AvgIpc) is 3.81. The lowest BCUT2D eigenvalue weighted by atomic mass is 10.0. The zero-order chi connectivity index (χ0) is 40.6. The number of aliphatic hydroxyl groups is 1. The van der Waals surface area contributed by atoms with Crippen molar-refractivity contribution in [2.24, 2.45) is 0 Å². The first-order valence-electron chi connectivity index (χ1n) is 19.5. The van der Waals surface area contributed by atoms with Gasteiger partial charge < -0.3 is 29.4 Å². The molecule has 0 saturated carbocycles. The number of carbonyl (C=O) groups excluding carboxylic acids is 2. The summed E-state index contributed by atoms with van der Waals surface area (Å²) >= 11 is 1.23. The molecule has 0 aliphatic rings. The Hall–Kier alpha value is -5.48. The topological polar surface area (TPSA) is 205 Å². The highest BCUT2D eigenvalue weighted by Gasteiger charge is 2.26. The number of thioether (sulfide) groups is 1. The van der Waals surface area contributed by atoms with Crippen molar-refractivity contribution in [2.45, 2.75) is 102 Å². The highest BCUT2D eigenvalue weighted by Crippen LogP contribution is 2.41. The van der Waals surface area contributed by atoms with Crippen LogP contribution in [0.1, 0.15) is 106 Å². The third kappa shape index (κ3) is 11.8. The van der Waals surface area contributed by atoms with Crippen molar-refractivity contribution < 1.29 is 38.6 Å². The number of fused-ring (bicyclic) bond motifs is 1. The minimum Gasteiger partial charge on any atom is -0.506 e. The number of aryl methyl sites for hydroxylation is 1. The predicted octanol–water partition coefficient (Wildman–Crippen LogP) is 8.40. The summed E-state index contributed by atoms with van der Waals surface area (Å²) in [5, 5.41) is 49.0. The van der Waals surface area contributed by atoms with Gasteiger partial charge in [0.1, 0.15) is 17.9 Å². The van der Waals surface area contributed by atoms with Crippen molar-refractivity contribution in [1.29, 1.82) is 0 Å². The van der Waals surface area contributed by atoms with Gasteiger partial charge in [-0.2, -0.15) is 5.10 Å². The van der Waals surface area contributed by atoms with Gasteiger partial charge in [-0.3, -0.25) is 19.7 Å². The summed E-state index contributed by atoms with van der Waals surface area (Å²) in [6.45, 7) is 4.10. The van der Waals surface area contributed by atoms with Gasteiger partial charge in [-0.15, -0.1) is 10.2 Å². The summed E-state index contributed by atoms with van der Waals surface area (Å²) in [7, 11) is 0. The van der Waals surface area contributed by atoms with Crippen molar-refractivity contribution in [3.63, 3.8) is 0 Å². The number of aromatic hydroxyl groups is 1. The lowest BCUT2D eigenvalue weighted by Gasteiger charge is -2.16. The Morgan fingerprint density at radius 1 is 0.947 bits per heavy atom. The van der Waals surface area contributed by atoms with Crippen LogP contribution in [-0.2, 0) is 28.1 Å². The van der Waals surface area contributed by atoms with Gasteiger partial charge in [0.15, 0.2) is 0 Å². The number of nitro groups is 1. The molecule has 15 nitrogen and oxygen atoms in total. The Kier molecular flexibility index (Phi) is 16.3. The van der Waals surface area contributed by atoms with E-state index >= 15 is 0 Å². The molecule has 0 aliphatic carbocycles. The molecular weight excluding hydrogens is 753 g/mol. The second kappa shape index (κ2) is 21.7. The Labute approximate surface area is 335 Å². The quantitative estimate of drug-likeness (QED) is 0.0176. The van der Waals surface area contributed by atoms with E-state index in [4.69, 9.17) is 19.0 Å². The first-order chi connectivity index (χ1) is 27.7. The summed E-state index contributed by atoms with van der Waals surface area (Å²) < 4.78 is 19.3. The minimum absolute atomic E-state index is 0.0187. The maximum atomic E-state index is 13.2. The molecule has 57 heavy (non-hydrogen) atoms. The van der Waals surface area contributed by atoms with Crippen molar-refractivity contribution in [2.75, 3.05) is 19.8 Å². The number of aliphatic hydroxyl groups excluding tert-OH is 1. The summed E-state index contributed by atoms with van der Waals surface area (Å²) in [6.07, 6.45) is 11.4. The number of hydrogen-bond donors (Lipinski definition) is 3. The molecule has 0 unspecified atom stereocenters. The smallest absolute Gasteiger partial charge is 0.315 e. The van der Waals surface area contributed by atoms with E-state index in [2.05, 4.69) is 22.4 Å². The number of aromatic nitrogens is 4. The van der Waals surface area contributed by atoms with E-state index in [1.165, 1.54) is 62.1 Å². The number of phenolic OH excluding ortho intramolecular Hbond substituents is 1. The fourth-order valence-corrected chi connectivity index (χ4v) is 7.08. The molecule has 2 heterocycles. The summed E-state index contributed by atoms with van der Waals surface area (Å²) in [5.74, 6) is -0.426.